The second-order valence-corrected chi connectivity index (χ2v) is 7.37. The van der Waals surface area contributed by atoms with Crippen molar-refractivity contribution in [2.75, 3.05) is 0 Å². The van der Waals surface area contributed by atoms with Crippen molar-refractivity contribution in [3.05, 3.63) is 70.2 Å². The lowest BCUT2D eigenvalue weighted by molar-refractivity contribution is 0.322. The molecule has 1 aromatic rings. The van der Waals surface area contributed by atoms with E-state index in [0.717, 1.165) is 31.2 Å². The fourth-order valence-electron chi connectivity index (χ4n) is 3.42. The highest BCUT2D eigenvalue weighted by molar-refractivity contribution is 6.01. The van der Waals surface area contributed by atoms with Crippen LogP contribution < -0.4 is 0 Å². The van der Waals surface area contributed by atoms with E-state index in [2.05, 4.69) is 38.1 Å². The van der Waals surface area contributed by atoms with Gasteiger partial charge in [-0.05, 0) is 49.5 Å². The molecule has 4 nitrogen and oxygen atoms in total. The molecule has 150 valence electrons. The first-order valence-electron chi connectivity index (χ1n) is 10.3. The van der Waals surface area contributed by atoms with Gasteiger partial charge in [-0.2, -0.15) is 10.5 Å². The lowest BCUT2D eigenvalue weighted by Crippen LogP contribution is -2.18. The predicted molar refractivity (Wildman–Crippen MR) is 116 cm³/mol. The highest BCUT2D eigenvalue weighted by atomic mass is 16.5. The number of benzene rings is 1. The van der Waals surface area contributed by atoms with Gasteiger partial charge in [0, 0.05) is 11.5 Å². The predicted octanol–water partition coefficient (Wildman–Crippen LogP) is 6.48. The van der Waals surface area contributed by atoms with Crippen molar-refractivity contribution in [1.82, 2.24) is 0 Å². The van der Waals surface area contributed by atoms with Crippen LogP contribution in [0.4, 0.5) is 0 Å². The highest BCUT2D eigenvalue weighted by Gasteiger charge is 2.24. The third-order valence-electron chi connectivity index (χ3n) is 5.09. The minimum Gasteiger partial charge on any atom is -0.460 e. The summed E-state index contributed by atoms with van der Waals surface area (Å²) in [4.78, 5) is 0. The number of allylic oxidation sites excluding steroid dienone is 6. The lowest BCUT2D eigenvalue weighted by atomic mass is 9.86. The quantitative estimate of drug-likeness (QED) is 0.389. The van der Waals surface area contributed by atoms with Gasteiger partial charge in [-0.1, -0.05) is 57.4 Å². The van der Waals surface area contributed by atoms with E-state index in [9.17, 15) is 10.5 Å². The van der Waals surface area contributed by atoms with Gasteiger partial charge in [0.25, 0.3) is 0 Å². The molecule has 0 spiro atoms. The molecule has 1 N–H and O–H groups in total. The number of nitrogens with one attached hydrogen (secondary N) is 1. The number of ether oxygens (including phenoxy) is 1. The van der Waals surface area contributed by atoms with Gasteiger partial charge in [-0.3, -0.25) is 0 Å². The summed E-state index contributed by atoms with van der Waals surface area (Å²) in [6, 6.07) is 12.4. The fourth-order valence-corrected chi connectivity index (χ4v) is 3.42. The van der Waals surface area contributed by atoms with Crippen LogP contribution in [0.2, 0.25) is 0 Å². The molecule has 4 heteroatoms. The number of unbranched alkanes of at least 4 members (excludes halogenated alkanes) is 2. The van der Waals surface area contributed by atoms with Crippen molar-refractivity contribution < 1.29 is 4.74 Å². The molecular formula is C25H29N3O. The van der Waals surface area contributed by atoms with Crippen molar-refractivity contribution in [2.45, 2.75) is 65.2 Å². The van der Waals surface area contributed by atoms with Crippen molar-refractivity contribution in [1.29, 1.82) is 15.9 Å². The Morgan fingerprint density at radius 3 is 2.28 bits per heavy atom. The van der Waals surface area contributed by atoms with Gasteiger partial charge in [0.05, 0.1) is 5.71 Å². The molecule has 1 aromatic carbocycles. The lowest BCUT2D eigenvalue weighted by Gasteiger charge is -2.23. The molecule has 1 aliphatic rings. The Balaban J connectivity index is 2.35. The Labute approximate surface area is 174 Å². The summed E-state index contributed by atoms with van der Waals surface area (Å²) in [5, 5.41) is 27.2. The summed E-state index contributed by atoms with van der Waals surface area (Å²) in [7, 11) is 0. The first-order chi connectivity index (χ1) is 14.0. The van der Waals surface area contributed by atoms with Crippen LogP contribution in [-0.2, 0) is 11.2 Å². The molecule has 0 bridgehead atoms. The number of aryl methyl sites for hydroxylation is 1. The van der Waals surface area contributed by atoms with E-state index in [1.165, 1.54) is 18.4 Å². The molecule has 1 heterocycles. The zero-order valence-corrected chi connectivity index (χ0v) is 17.6. The largest absolute Gasteiger partial charge is 0.460 e. The Bertz CT molecular complexity index is 889. The minimum absolute atomic E-state index is 0.0309. The molecule has 0 saturated carbocycles. The van der Waals surface area contributed by atoms with Gasteiger partial charge in [0.2, 0.25) is 0 Å². The normalized spacial score (nSPS) is 14.0. The number of hydrogen-bond acceptors (Lipinski definition) is 4. The van der Waals surface area contributed by atoms with Crippen LogP contribution in [0.15, 0.2) is 59.1 Å². The van der Waals surface area contributed by atoms with Gasteiger partial charge < -0.3 is 10.1 Å². The van der Waals surface area contributed by atoms with Crippen LogP contribution in [0, 0.1) is 28.1 Å². The first kappa shape index (κ1) is 22.2. The van der Waals surface area contributed by atoms with E-state index in [1.807, 2.05) is 12.1 Å². The van der Waals surface area contributed by atoms with Crippen molar-refractivity contribution in [2.24, 2.45) is 0 Å². The average Bonchev–Trinajstić information content (AvgIpc) is 2.73. The topological polar surface area (TPSA) is 80.7 Å². The third kappa shape index (κ3) is 5.93. The fraction of sp³-hybridized carbons (Fsp3) is 0.400. The van der Waals surface area contributed by atoms with Crippen molar-refractivity contribution in [3.8, 4) is 12.1 Å². The van der Waals surface area contributed by atoms with E-state index in [0.29, 0.717) is 22.8 Å². The standard InChI is InChI=1S/C25H29N3O/c1-4-6-8-19-10-12-20(13-11-19)23(9-7-5-2)25(28)24-15-21(14-18(3)29-24)22(16-26)17-27/h10-15,23,28H,4-9H2,1-3H3. The minimum atomic E-state index is -0.0822. The Morgan fingerprint density at radius 2 is 1.69 bits per heavy atom. The smallest absolute Gasteiger partial charge is 0.148 e. The summed E-state index contributed by atoms with van der Waals surface area (Å²) in [5.74, 6) is 0.912. The van der Waals surface area contributed by atoms with Gasteiger partial charge in [-0.15, -0.1) is 0 Å². The van der Waals surface area contributed by atoms with Gasteiger partial charge >= 0.3 is 0 Å². The summed E-state index contributed by atoms with van der Waals surface area (Å²) >= 11 is 0. The molecule has 1 unspecified atom stereocenters. The maximum atomic E-state index is 9.20. The molecule has 1 atom stereocenters. The Kier molecular flexibility index (Phi) is 8.44. The molecule has 1 aliphatic heterocycles. The molecule has 0 aromatic heterocycles. The molecule has 0 amide bonds. The SMILES string of the molecule is CCCCc1ccc(C(CCCC)C(=N)C2=CC(=C(C#N)C#N)C=C(C)O2)cc1. The van der Waals surface area contributed by atoms with Crippen LogP contribution in [0.25, 0.3) is 0 Å². The number of rotatable bonds is 9. The zero-order chi connectivity index (χ0) is 21.2. The van der Waals surface area contributed by atoms with E-state index < -0.39 is 0 Å². The molecular weight excluding hydrogens is 358 g/mol. The maximum absolute atomic E-state index is 9.20. The zero-order valence-electron chi connectivity index (χ0n) is 17.6. The van der Waals surface area contributed by atoms with Crippen LogP contribution in [0.5, 0.6) is 0 Å². The second-order valence-electron chi connectivity index (χ2n) is 7.37. The number of hydrogen-bond donors (Lipinski definition) is 1. The molecule has 0 aliphatic carbocycles. The van der Waals surface area contributed by atoms with E-state index in [1.54, 1.807) is 19.1 Å². The highest BCUT2D eigenvalue weighted by Crippen LogP contribution is 2.31. The maximum Gasteiger partial charge on any atom is 0.148 e. The van der Waals surface area contributed by atoms with Crippen LogP contribution >= 0.6 is 0 Å². The Morgan fingerprint density at radius 1 is 1.03 bits per heavy atom. The molecule has 0 fully saturated rings. The van der Waals surface area contributed by atoms with E-state index in [4.69, 9.17) is 10.1 Å². The van der Waals surface area contributed by atoms with Crippen LogP contribution in [0.3, 0.4) is 0 Å². The second kappa shape index (κ2) is 11.0. The van der Waals surface area contributed by atoms with Gasteiger partial charge in [0.15, 0.2) is 0 Å². The van der Waals surface area contributed by atoms with Gasteiger partial charge in [0.1, 0.15) is 29.2 Å². The number of nitriles is 2. The molecule has 0 saturated heterocycles. The van der Waals surface area contributed by atoms with Crippen molar-refractivity contribution >= 4 is 5.71 Å². The first-order valence-corrected chi connectivity index (χ1v) is 10.3. The van der Waals surface area contributed by atoms with E-state index in [-0.39, 0.29) is 11.5 Å². The number of nitrogens with zero attached hydrogens (tertiary/aromatic N) is 2. The van der Waals surface area contributed by atoms with Crippen LogP contribution in [-0.4, -0.2) is 5.71 Å². The average molecular weight is 388 g/mol. The van der Waals surface area contributed by atoms with E-state index >= 15 is 0 Å². The molecule has 0 radical (unpaired) electrons. The van der Waals surface area contributed by atoms with Gasteiger partial charge in [-0.25, -0.2) is 0 Å². The van der Waals surface area contributed by atoms with Crippen LogP contribution in [0.1, 0.15) is 69.9 Å². The monoisotopic (exact) mass is 387 g/mol. The van der Waals surface area contributed by atoms with Crippen molar-refractivity contribution in [3.63, 3.8) is 0 Å². The molecule has 2 rings (SSSR count). The summed E-state index contributed by atoms with van der Waals surface area (Å²) in [6.07, 6.45) is 9.66. The summed E-state index contributed by atoms with van der Waals surface area (Å²) in [5.41, 5.74) is 3.35. The Hall–Kier alpha value is -3.11. The summed E-state index contributed by atoms with van der Waals surface area (Å²) < 4.78 is 5.82. The summed E-state index contributed by atoms with van der Waals surface area (Å²) in [6.45, 7) is 6.11. The third-order valence-corrected chi connectivity index (χ3v) is 5.09. The molecule has 29 heavy (non-hydrogen) atoms.